The molecule has 5 nitrogen and oxygen atoms in total. The van der Waals surface area contributed by atoms with Crippen molar-refractivity contribution in [3.63, 3.8) is 0 Å². The minimum absolute atomic E-state index is 0.211. The van der Waals surface area contributed by atoms with Crippen LogP contribution in [0.2, 0.25) is 5.02 Å². The van der Waals surface area contributed by atoms with Gasteiger partial charge in [-0.3, -0.25) is 9.89 Å². The largest absolute Gasteiger partial charge is 0.395 e. The third-order valence-electron chi connectivity index (χ3n) is 3.21. The number of halogens is 2. The molecule has 0 atom stereocenters. The second kappa shape index (κ2) is 5.10. The van der Waals surface area contributed by atoms with Gasteiger partial charge in [0.25, 0.3) is 5.91 Å². The molecule has 2 aromatic rings. The number of benzene rings is 1. The van der Waals surface area contributed by atoms with E-state index in [2.05, 4.69) is 31.4 Å². The Kier molecular flexibility index (Phi) is 3.43. The molecule has 0 aliphatic heterocycles. The van der Waals surface area contributed by atoms with Crippen LogP contribution in [0.4, 0.5) is 11.4 Å². The van der Waals surface area contributed by atoms with Gasteiger partial charge < -0.3 is 11.1 Å². The molecule has 0 unspecified atom stereocenters. The summed E-state index contributed by atoms with van der Waals surface area (Å²) in [5, 5.41) is 10.0. The topological polar surface area (TPSA) is 83.8 Å². The Bertz CT molecular complexity index is 681. The summed E-state index contributed by atoms with van der Waals surface area (Å²) < 4.78 is 0.825. The van der Waals surface area contributed by atoms with E-state index in [0.717, 1.165) is 23.0 Å². The van der Waals surface area contributed by atoms with Gasteiger partial charge in [-0.1, -0.05) is 27.5 Å². The summed E-state index contributed by atoms with van der Waals surface area (Å²) in [7, 11) is 0. The Labute approximate surface area is 129 Å². The molecule has 20 heavy (non-hydrogen) atoms. The van der Waals surface area contributed by atoms with Gasteiger partial charge >= 0.3 is 0 Å². The number of nitrogens with zero attached hydrogens (tertiary/aromatic N) is 1. The number of carbonyl (C=O) groups is 1. The van der Waals surface area contributed by atoms with E-state index < -0.39 is 0 Å². The summed E-state index contributed by atoms with van der Waals surface area (Å²) in [6, 6.07) is 5.22. The molecule has 1 amide bonds. The van der Waals surface area contributed by atoms with Crippen molar-refractivity contribution in [3.05, 3.63) is 39.1 Å². The second-order valence-electron chi connectivity index (χ2n) is 4.75. The smallest absolute Gasteiger partial charge is 0.278 e. The van der Waals surface area contributed by atoms with Gasteiger partial charge in [-0.2, -0.15) is 5.10 Å². The minimum Gasteiger partial charge on any atom is -0.395 e. The predicted molar refractivity (Wildman–Crippen MR) is 82.1 cm³/mol. The van der Waals surface area contributed by atoms with Gasteiger partial charge in [-0.15, -0.1) is 0 Å². The Balaban J connectivity index is 1.84. The lowest BCUT2D eigenvalue weighted by molar-refractivity contribution is 0.102. The highest BCUT2D eigenvalue weighted by atomic mass is 79.9. The van der Waals surface area contributed by atoms with Crippen molar-refractivity contribution in [2.24, 2.45) is 0 Å². The number of H-pyrrole nitrogens is 1. The van der Waals surface area contributed by atoms with Crippen molar-refractivity contribution in [2.75, 3.05) is 11.1 Å². The van der Waals surface area contributed by atoms with Crippen LogP contribution >= 0.6 is 27.5 Å². The average molecular weight is 356 g/mol. The quantitative estimate of drug-likeness (QED) is 0.787. The van der Waals surface area contributed by atoms with Crippen molar-refractivity contribution in [2.45, 2.75) is 18.8 Å². The summed E-state index contributed by atoms with van der Waals surface area (Å²) in [6.45, 7) is 0. The van der Waals surface area contributed by atoms with E-state index in [0.29, 0.717) is 22.3 Å². The third kappa shape index (κ3) is 2.53. The van der Waals surface area contributed by atoms with Gasteiger partial charge in [-0.25, -0.2) is 0 Å². The van der Waals surface area contributed by atoms with E-state index in [1.165, 1.54) is 0 Å². The number of rotatable bonds is 3. The van der Waals surface area contributed by atoms with E-state index in [9.17, 15) is 4.79 Å². The fourth-order valence-corrected chi connectivity index (χ4v) is 2.52. The molecule has 1 aromatic heterocycles. The third-order valence-corrected chi connectivity index (χ3v) is 4.03. The van der Waals surface area contributed by atoms with Crippen LogP contribution in [-0.2, 0) is 0 Å². The zero-order valence-corrected chi connectivity index (χ0v) is 12.8. The molecule has 0 radical (unpaired) electrons. The summed E-state index contributed by atoms with van der Waals surface area (Å²) >= 11 is 9.37. The van der Waals surface area contributed by atoms with Crippen LogP contribution in [0, 0.1) is 0 Å². The summed E-state index contributed by atoms with van der Waals surface area (Å²) in [5.74, 6) is 0.0455. The molecule has 0 saturated heterocycles. The maximum atomic E-state index is 12.2. The average Bonchev–Trinajstić information content (AvgIpc) is 3.17. The molecular weight excluding hydrogens is 344 g/mol. The number of hydrogen-bond acceptors (Lipinski definition) is 3. The first kappa shape index (κ1) is 13.5. The summed E-state index contributed by atoms with van der Waals surface area (Å²) in [4.78, 5) is 12.2. The lowest BCUT2D eigenvalue weighted by Gasteiger charge is -2.06. The van der Waals surface area contributed by atoms with Crippen molar-refractivity contribution in [1.29, 1.82) is 0 Å². The minimum atomic E-state index is -0.370. The molecular formula is C13H12BrClN4O. The van der Waals surface area contributed by atoms with E-state index in [-0.39, 0.29) is 11.6 Å². The van der Waals surface area contributed by atoms with Crippen LogP contribution in [0.3, 0.4) is 0 Å². The van der Waals surface area contributed by atoms with Gasteiger partial charge in [0.15, 0.2) is 5.69 Å². The molecule has 1 heterocycles. The van der Waals surface area contributed by atoms with Crippen molar-refractivity contribution in [3.8, 4) is 0 Å². The van der Waals surface area contributed by atoms with Crippen molar-refractivity contribution < 1.29 is 4.79 Å². The second-order valence-corrected chi connectivity index (χ2v) is 6.08. The summed E-state index contributed by atoms with van der Waals surface area (Å²) in [5.41, 5.74) is 7.98. The van der Waals surface area contributed by atoms with Crippen LogP contribution in [0.5, 0.6) is 0 Å². The van der Waals surface area contributed by atoms with Crippen LogP contribution in [0.15, 0.2) is 22.7 Å². The number of nitrogens with two attached hydrogens (primary N) is 1. The Morgan fingerprint density at radius 3 is 2.95 bits per heavy atom. The van der Waals surface area contributed by atoms with Gasteiger partial charge in [-0.05, 0) is 31.0 Å². The van der Waals surface area contributed by atoms with Crippen LogP contribution in [0.25, 0.3) is 0 Å². The number of nitrogens with one attached hydrogen (secondary N) is 2. The highest BCUT2D eigenvalue weighted by Gasteiger charge is 2.30. The molecule has 0 bridgehead atoms. The van der Waals surface area contributed by atoms with Gasteiger partial charge in [0, 0.05) is 10.4 Å². The molecule has 3 rings (SSSR count). The van der Waals surface area contributed by atoms with Crippen LogP contribution in [-0.4, -0.2) is 16.1 Å². The molecule has 1 saturated carbocycles. The number of anilines is 2. The lowest BCUT2D eigenvalue weighted by atomic mass is 10.2. The van der Waals surface area contributed by atoms with Gasteiger partial charge in [0.05, 0.1) is 22.1 Å². The predicted octanol–water partition coefficient (Wildman–Crippen LogP) is 3.54. The fourth-order valence-electron chi connectivity index (χ4n) is 2.00. The molecule has 1 aromatic carbocycles. The zero-order chi connectivity index (χ0) is 14.3. The first-order valence-electron chi connectivity index (χ1n) is 6.16. The Hall–Kier alpha value is -1.53. The Morgan fingerprint density at radius 1 is 1.50 bits per heavy atom. The standard InChI is InChI=1S/C13H12BrClN4O/c14-7-3-4-8(15)9(5-7)17-13(20)12-10(16)11(18-19-12)6-1-2-6/h3-6H,1-2,16H2,(H,17,20)(H,18,19). The number of aromatic amines is 1. The Morgan fingerprint density at radius 2 is 2.25 bits per heavy atom. The number of aromatic nitrogens is 2. The highest BCUT2D eigenvalue weighted by molar-refractivity contribution is 9.10. The van der Waals surface area contributed by atoms with E-state index in [1.807, 2.05) is 0 Å². The molecule has 7 heteroatoms. The molecule has 4 N–H and O–H groups in total. The summed E-state index contributed by atoms with van der Waals surface area (Å²) in [6.07, 6.45) is 2.18. The molecule has 104 valence electrons. The zero-order valence-electron chi connectivity index (χ0n) is 10.4. The number of amides is 1. The number of nitrogen functional groups attached to an aromatic ring is 1. The number of carbonyl (C=O) groups excluding carboxylic acids is 1. The fraction of sp³-hybridized carbons (Fsp3) is 0.231. The van der Waals surface area contributed by atoms with E-state index in [4.69, 9.17) is 17.3 Å². The van der Waals surface area contributed by atoms with Crippen LogP contribution in [0.1, 0.15) is 34.9 Å². The molecule has 1 aliphatic carbocycles. The van der Waals surface area contributed by atoms with Crippen molar-refractivity contribution >= 4 is 44.8 Å². The SMILES string of the molecule is Nc1c(C(=O)Nc2cc(Br)ccc2Cl)n[nH]c1C1CC1. The molecule has 1 fully saturated rings. The lowest BCUT2D eigenvalue weighted by Crippen LogP contribution is -2.14. The molecule has 0 spiro atoms. The maximum Gasteiger partial charge on any atom is 0.278 e. The van der Waals surface area contributed by atoms with Gasteiger partial charge in [0.2, 0.25) is 0 Å². The maximum absolute atomic E-state index is 12.2. The number of hydrogen-bond donors (Lipinski definition) is 3. The first-order chi connectivity index (χ1) is 9.56. The normalized spacial score (nSPS) is 14.3. The van der Waals surface area contributed by atoms with Gasteiger partial charge in [0.1, 0.15) is 0 Å². The van der Waals surface area contributed by atoms with Crippen LogP contribution < -0.4 is 11.1 Å². The van der Waals surface area contributed by atoms with E-state index >= 15 is 0 Å². The highest BCUT2D eigenvalue weighted by Crippen LogP contribution is 2.42. The first-order valence-corrected chi connectivity index (χ1v) is 7.33. The monoisotopic (exact) mass is 354 g/mol. The molecule has 1 aliphatic rings. The van der Waals surface area contributed by atoms with Crippen molar-refractivity contribution in [1.82, 2.24) is 10.2 Å². The van der Waals surface area contributed by atoms with E-state index in [1.54, 1.807) is 18.2 Å².